The highest BCUT2D eigenvalue weighted by molar-refractivity contribution is 6.10. The maximum Gasteiger partial charge on any atom is 0.325 e. The van der Waals surface area contributed by atoms with Crippen LogP contribution < -0.4 is 16.4 Å². The first-order valence-electron chi connectivity index (χ1n) is 11.3. The molecule has 3 fully saturated rings. The number of anilines is 1. The molecule has 5 amide bonds. The van der Waals surface area contributed by atoms with E-state index in [0.29, 0.717) is 5.69 Å². The van der Waals surface area contributed by atoms with Crippen LogP contribution in [0.3, 0.4) is 0 Å². The lowest BCUT2D eigenvalue weighted by atomic mass is 9.96. The molecule has 2 saturated heterocycles. The second-order valence-electron chi connectivity index (χ2n) is 9.31. The number of likely N-dealkylation sites (tertiary alicyclic amines) is 1. The normalized spacial score (nSPS) is 24.5. The van der Waals surface area contributed by atoms with Crippen LogP contribution >= 0.6 is 0 Å². The Balaban J connectivity index is 1.23. The fourth-order valence-electron chi connectivity index (χ4n) is 4.62. The van der Waals surface area contributed by atoms with Crippen molar-refractivity contribution in [2.75, 3.05) is 31.5 Å². The van der Waals surface area contributed by atoms with Gasteiger partial charge in [-0.15, -0.1) is 0 Å². The first-order chi connectivity index (χ1) is 15.3. The Morgan fingerprint density at radius 3 is 2.38 bits per heavy atom. The molecule has 0 aromatic heterocycles. The molecule has 32 heavy (non-hydrogen) atoms. The minimum Gasteiger partial charge on any atom is -0.369 e. The van der Waals surface area contributed by atoms with Crippen LogP contribution in [0.15, 0.2) is 24.3 Å². The number of hydrogen-bond donors (Lipinski definition) is 3. The van der Waals surface area contributed by atoms with Crippen LogP contribution in [0.1, 0.15) is 38.2 Å². The molecule has 1 aromatic carbocycles. The maximum absolute atomic E-state index is 12.6. The second kappa shape index (κ2) is 8.90. The van der Waals surface area contributed by atoms with Crippen LogP contribution in [0.2, 0.25) is 0 Å². The zero-order valence-electron chi connectivity index (χ0n) is 18.4. The molecule has 1 aliphatic carbocycles. The van der Waals surface area contributed by atoms with Gasteiger partial charge in [0, 0.05) is 18.2 Å². The average Bonchev–Trinajstić information content (AvgIpc) is 3.60. The van der Waals surface area contributed by atoms with E-state index in [-0.39, 0.29) is 30.2 Å². The van der Waals surface area contributed by atoms with E-state index in [1.165, 1.54) is 0 Å². The molecule has 0 radical (unpaired) electrons. The third-order valence-corrected chi connectivity index (χ3v) is 6.94. The minimum atomic E-state index is -0.881. The van der Waals surface area contributed by atoms with Crippen molar-refractivity contribution in [2.24, 2.45) is 17.6 Å². The summed E-state index contributed by atoms with van der Waals surface area (Å²) in [5.74, 6) is -0.768. The van der Waals surface area contributed by atoms with Crippen LogP contribution in [0.4, 0.5) is 10.5 Å². The smallest absolute Gasteiger partial charge is 0.325 e. The van der Waals surface area contributed by atoms with E-state index in [0.717, 1.165) is 62.2 Å². The summed E-state index contributed by atoms with van der Waals surface area (Å²) < 4.78 is 0. The quantitative estimate of drug-likeness (QED) is 0.521. The van der Waals surface area contributed by atoms with Gasteiger partial charge in [-0.05, 0) is 75.7 Å². The molecule has 3 aliphatic rings. The first-order valence-corrected chi connectivity index (χ1v) is 11.3. The van der Waals surface area contributed by atoms with Gasteiger partial charge >= 0.3 is 6.03 Å². The second-order valence-corrected chi connectivity index (χ2v) is 9.31. The molecule has 2 heterocycles. The average molecular weight is 442 g/mol. The van der Waals surface area contributed by atoms with E-state index in [1.807, 2.05) is 24.3 Å². The van der Waals surface area contributed by atoms with Crippen molar-refractivity contribution < 1.29 is 19.2 Å². The van der Waals surface area contributed by atoms with Crippen LogP contribution in [-0.2, 0) is 20.8 Å². The lowest BCUT2D eigenvalue weighted by Gasteiger charge is -2.30. The molecule has 0 bridgehead atoms. The van der Waals surface area contributed by atoms with E-state index >= 15 is 0 Å². The molecule has 2 aliphatic heterocycles. The van der Waals surface area contributed by atoms with Gasteiger partial charge in [-0.3, -0.25) is 19.3 Å². The summed E-state index contributed by atoms with van der Waals surface area (Å²) in [4.78, 5) is 51.9. The topological polar surface area (TPSA) is 125 Å². The molecule has 1 atom stereocenters. The van der Waals surface area contributed by atoms with Crippen LogP contribution in [0.25, 0.3) is 0 Å². The highest BCUT2D eigenvalue weighted by Crippen LogP contribution is 2.42. The summed E-state index contributed by atoms with van der Waals surface area (Å²) >= 11 is 0. The molecule has 9 nitrogen and oxygen atoms in total. The van der Waals surface area contributed by atoms with Gasteiger partial charge in [-0.25, -0.2) is 4.79 Å². The van der Waals surface area contributed by atoms with Gasteiger partial charge < -0.3 is 21.3 Å². The molecule has 1 aromatic rings. The number of benzene rings is 1. The SMILES string of the molecule is CC1(C2CC2)NC(=O)N(CC(=O)Nc2ccc(CCN3CCC(C(N)=O)CC3)cc2)C1=O. The molecule has 1 unspecified atom stereocenters. The van der Waals surface area contributed by atoms with Crippen molar-refractivity contribution in [3.63, 3.8) is 0 Å². The minimum absolute atomic E-state index is 0.00137. The van der Waals surface area contributed by atoms with Crippen LogP contribution in [-0.4, -0.2) is 65.3 Å². The lowest BCUT2D eigenvalue weighted by molar-refractivity contribution is -0.134. The van der Waals surface area contributed by atoms with Gasteiger partial charge in [-0.1, -0.05) is 12.1 Å². The number of nitrogens with one attached hydrogen (secondary N) is 2. The summed E-state index contributed by atoms with van der Waals surface area (Å²) in [5.41, 5.74) is 6.27. The fourth-order valence-corrected chi connectivity index (χ4v) is 4.62. The summed E-state index contributed by atoms with van der Waals surface area (Å²) in [6.07, 6.45) is 4.34. The van der Waals surface area contributed by atoms with E-state index < -0.39 is 17.5 Å². The van der Waals surface area contributed by atoms with Crippen molar-refractivity contribution in [3.8, 4) is 0 Å². The number of rotatable bonds is 8. The molecular weight excluding hydrogens is 410 g/mol. The number of imide groups is 1. The Morgan fingerprint density at radius 1 is 1.12 bits per heavy atom. The first kappa shape index (κ1) is 22.3. The molecule has 1 saturated carbocycles. The fraction of sp³-hybridized carbons (Fsp3) is 0.565. The number of carbonyl (C=O) groups is 4. The Morgan fingerprint density at radius 2 is 1.78 bits per heavy atom. The van der Waals surface area contributed by atoms with E-state index in [4.69, 9.17) is 5.73 Å². The number of carbonyl (C=O) groups excluding carboxylic acids is 4. The summed E-state index contributed by atoms with van der Waals surface area (Å²) in [6.45, 7) is 4.11. The van der Waals surface area contributed by atoms with Gasteiger partial charge in [0.15, 0.2) is 0 Å². The number of hydrogen-bond acceptors (Lipinski definition) is 5. The summed E-state index contributed by atoms with van der Waals surface area (Å²) in [5, 5.41) is 5.51. The molecule has 172 valence electrons. The lowest BCUT2D eigenvalue weighted by Crippen LogP contribution is -2.46. The van der Waals surface area contributed by atoms with Crippen molar-refractivity contribution in [1.29, 1.82) is 0 Å². The molecule has 4 rings (SSSR count). The third kappa shape index (κ3) is 4.77. The molecule has 4 N–H and O–H groups in total. The number of amides is 5. The number of nitrogens with zero attached hydrogens (tertiary/aromatic N) is 2. The van der Waals surface area contributed by atoms with Crippen molar-refractivity contribution in [3.05, 3.63) is 29.8 Å². The van der Waals surface area contributed by atoms with Crippen molar-refractivity contribution in [1.82, 2.24) is 15.1 Å². The highest BCUT2D eigenvalue weighted by Gasteiger charge is 2.56. The van der Waals surface area contributed by atoms with Crippen LogP contribution in [0.5, 0.6) is 0 Å². The number of primary amides is 1. The van der Waals surface area contributed by atoms with Gasteiger partial charge in [-0.2, -0.15) is 0 Å². The van der Waals surface area contributed by atoms with Gasteiger partial charge in [0.25, 0.3) is 5.91 Å². The van der Waals surface area contributed by atoms with Gasteiger partial charge in [0.05, 0.1) is 0 Å². The number of nitrogens with two attached hydrogens (primary N) is 1. The van der Waals surface area contributed by atoms with Crippen molar-refractivity contribution in [2.45, 2.75) is 44.6 Å². The number of piperidine rings is 1. The molecule has 0 spiro atoms. The van der Waals surface area contributed by atoms with Gasteiger partial charge in [0.1, 0.15) is 12.1 Å². The zero-order chi connectivity index (χ0) is 22.9. The van der Waals surface area contributed by atoms with Crippen LogP contribution in [0, 0.1) is 11.8 Å². The predicted molar refractivity (Wildman–Crippen MR) is 119 cm³/mol. The number of urea groups is 1. The summed E-state index contributed by atoms with van der Waals surface area (Å²) in [7, 11) is 0. The van der Waals surface area contributed by atoms with E-state index in [1.54, 1.807) is 6.92 Å². The maximum atomic E-state index is 12.6. The largest absolute Gasteiger partial charge is 0.369 e. The summed E-state index contributed by atoms with van der Waals surface area (Å²) in [6, 6.07) is 7.07. The molecular formula is C23H31N5O4. The monoisotopic (exact) mass is 441 g/mol. The Bertz CT molecular complexity index is 905. The van der Waals surface area contributed by atoms with Gasteiger partial charge in [0.2, 0.25) is 11.8 Å². The Labute approximate surface area is 187 Å². The Hall–Kier alpha value is -2.94. The molecule has 9 heteroatoms. The van der Waals surface area contributed by atoms with Crippen molar-refractivity contribution >= 4 is 29.4 Å². The Kier molecular flexibility index (Phi) is 6.19. The predicted octanol–water partition coefficient (Wildman–Crippen LogP) is 1.09. The third-order valence-electron chi connectivity index (χ3n) is 6.94. The standard InChI is InChI=1S/C23H31N5O4/c1-23(17-4-5-17)21(31)28(22(32)26-23)14-19(29)25-18-6-2-15(3-7-18)8-11-27-12-9-16(10-13-27)20(24)30/h2-3,6-7,16-17H,4-5,8-14H2,1H3,(H2,24,30)(H,25,29)(H,26,32). The van der Waals surface area contributed by atoms with E-state index in [2.05, 4.69) is 15.5 Å². The zero-order valence-corrected chi connectivity index (χ0v) is 18.4. The highest BCUT2D eigenvalue weighted by atomic mass is 16.2. The van der Waals surface area contributed by atoms with E-state index in [9.17, 15) is 19.2 Å².